The van der Waals surface area contributed by atoms with E-state index in [4.69, 9.17) is 5.26 Å². The van der Waals surface area contributed by atoms with E-state index in [9.17, 15) is 4.79 Å². The third-order valence-corrected chi connectivity index (χ3v) is 3.53. The number of nitriles is 1. The fourth-order valence-electron chi connectivity index (χ4n) is 1.75. The third-order valence-electron chi connectivity index (χ3n) is 2.70. The molecule has 6 heteroatoms. The van der Waals surface area contributed by atoms with Gasteiger partial charge in [0.15, 0.2) is 0 Å². The summed E-state index contributed by atoms with van der Waals surface area (Å²) in [6.07, 6.45) is 1.58. The van der Waals surface area contributed by atoms with Gasteiger partial charge < -0.3 is 10.3 Å². The quantitative estimate of drug-likeness (QED) is 0.749. The molecule has 19 heavy (non-hydrogen) atoms. The molecule has 0 atom stereocenters. The van der Waals surface area contributed by atoms with Crippen LogP contribution >= 0.6 is 11.3 Å². The van der Waals surface area contributed by atoms with E-state index in [0.29, 0.717) is 16.1 Å². The molecule has 2 aromatic heterocycles. The van der Waals surface area contributed by atoms with E-state index >= 15 is 0 Å². The van der Waals surface area contributed by atoms with Crippen molar-refractivity contribution in [1.29, 1.82) is 5.26 Å². The Labute approximate surface area is 112 Å². The normalized spacial score (nSPS) is 10.3. The average Bonchev–Trinajstić information content (AvgIpc) is 3.05. The van der Waals surface area contributed by atoms with Gasteiger partial charge in [-0.2, -0.15) is 5.26 Å². The zero-order chi connectivity index (χ0) is 13.2. The first-order valence-electron chi connectivity index (χ1n) is 5.50. The topological polar surface area (TPSA) is 81.6 Å². The van der Waals surface area contributed by atoms with Gasteiger partial charge in [0, 0.05) is 5.56 Å². The highest BCUT2D eigenvalue weighted by Crippen LogP contribution is 2.23. The minimum absolute atomic E-state index is 0.240. The van der Waals surface area contributed by atoms with Gasteiger partial charge >= 0.3 is 0 Å². The van der Waals surface area contributed by atoms with Crippen molar-refractivity contribution in [2.45, 2.75) is 0 Å². The Bertz CT molecular complexity index is 796. The lowest BCUT2D eigenvalue weighted by atomic mass is 10.2. The SMILES string of the molecule is N#Cc1ccsc1NC(=O)c1ccc2nc[nH]c2c1. The monoisotopic (exact) mass is 268 g/mol. The molecular weight excluding hydrogens is 260 g/mol. The number of benzene rings is 1. The minimum Gasteiger partial charge on any atom is -0.345 e. The summed E-state index contributed by atoms with van der Waals surface area (Å²) in [4.78, 5) is 19.1. The van der Waals surface area contributed by atoms with Crippen LogP contribution in [0, 0.1) is 11.3 Å². The molecule has 0 spiro atoms. The third kappa shape index (κ3) is 2.07. The lowest BCUT2D eigenvalue weighted by Crippen LogP contribution is -2.11. The summed E-state index contributed by atoms with van der Waals surface area (Å²) in [5.74, 6) is -0.240. The van der Waals surface area contributed by atoms with Crippen LogP contribution in [0.5, 0.6) is 0 Å². The highest BCUT2D eigenvalue weighted by molar-refractivity contribution is 7.14. The second-order valence-corrected chi connectivity index (χ2v) is 4.78. The van der Waals surface area contributed by atoms with E-state index in [1.165, 1.54) is 11.3 Å². The largest absolute Gasteiger partial charge is 0.345 e. The molecule has 0 saturated carbocycles. The van der Waals surface area contributed by atoms with E-state index in [2.05, 4.69) is 15.3 Å². The van der Waals surface area contributed by atoms with Crippen molar-refractivity contribution >= 4 is 33.3 Å². The van der Waals surface area contributed by atoms with Crippen LogP contribution in [-0.2, 0) is 0 Å². The second-order valence-electron chi connectivity index (χ2n) is 3.86. The summed E-state index contributed by atoms with van der Waals surface area (Å²) in [5.41, 5.74) is 2.61. The smallest absolute Gasteiger partial charge is 0.256 e. The number of anilines is 1. The van der Waals surface area contributed by atoms with Crippen LogP contribution in [0.2, 0.25) is 0 Å². The molecule has 5 nitrogen and oxygen atoms in total. The molecule has 0 aliphatic heterocycles. The molecule has 0 aliphatic carbocycles. The summed E-state index contributed by atoms with van der Waals surface area (Å²) in [6.45, 7) is 0. The maximum atomic E-state index is 12.1. The maximum absolute atomic E-state index is 12.1. The number of imidazole rings is 1. The Morgan fingerprint density at radius 1 is 1.42 bits per heavy atom. The Morgan fingerprint density at radius 2 is 2.32 bits per heavy atom. The molecule has 0 radical (unpaired) electrons. The van der Waals surface area contributed by atoms with Gasteiger partial charge in [-0.3, -0.25) is 4.79 Å². The number of fused-ring (bicyclic) bond motifs is 1. The molecule has 3 rings (SSSR count). The standard InChI is InChI=1S/C13H8N4OS/c14-6-9-3-4-19-13(9)17-12(18)8-1-2-10-11(5-8)16-7-15-10/h1-5,7H,(H,15,16)(H,17,18). The molecule has 1 aromatic carbocycles. The predicted octanol–water partition coefficient (Wildman–Crippen LogP) is 2.75. The van der Waals surface area contributed by atoms with E-state index in [-0.39, 0.29) is 5.91 Å². The molecule has 3 aromatic rings. The van der Waals surface area contributed by atoms with Crippen LogP contribution in [-0.4, -0.2) is 15.9 Å². The summed E-state index contributed by atoms with van der Waals surface area (Å²) in [6, 6.07) is 8.93. The Morgan fingerprint density at radius 3 is 3.16 bits per heavy atom. The Hall–Kier alpha value is -2.65. The summed E-state index contributed by atoms with van der Waals surface area (Å²) in [5, 5.41) is 14.0. The number of amides is 1. The summed E-state index contributed by atoms with van der Waals surface area (Å²) >= 11 is 1.33. The number of aromatic nitrogens is 2. The summed E-state index contributed by atoms with van der Waals surface area (Å²) in [7, 11) is 0. The fraction of sp³-hybridized carbons (Fsp3) is 0. The van der Waals surface area contributed by atoms with Gasteiger partial charge in [-0.1, -0.05) is 0 Å². The Balaban J connectivity index is 1.89. The number of rotatable bonds is 2. The van der Waals surface area contributed by atoms with Gasteiger partial charge in [0.25, 0.3) is 5.91 Å². The van der Waals surface area contributed by atoms with Crippen LogP contribution < -0.4 is 5.32 Å². The molecule has 0 aliphatic rings. The number of thiophene rings is 1. The first-order valence-corrected chi connectivity index (χ1v) is 6.38. The van der Waals surface area contributed by atoms with Crippen LogP contribution in [0.3, 0.4) is 0 Å². The van der Waals surface area contributed by atoms with Crippen molar-refractivity contribution in [2.24, 2.45) is 0 Å². The Kier molecular flexibility index (Phi) is 2.74. The molecule has 2 heterocycles. The number of carbonyl (C=O) groups is 1. The van der Waals surface area contributed by atoms with Crippen LogP contribution in [0.15, 0.2) is 36.0 Å². The highest BCUT2D eigenvalue weighted by atomic mass is 32.1. The van der Waals surface area contributed by atoms with Gasteiger partial charge in [-0.15, -0.1) is 11.3 Å². The van der Waals surface area contributed by atoms with E-state index in [0.717, 1.165) is 11.0 Å². The maximum Gasteiger partial charge on any atom is 0.256 e. The molecule has 0 unspecified atom stereocenters. The van der Waals surface area contributed by atoms with E-state index in [1.54, 1.807) is 36.0 Å². The number of hydrogen-bond donors (Lipinski definition) is 2. The number of nitrogens with zero attached hydrogens (tertiary/aromatic N) is 2. The highest BCUT2D eigenvalue weighted by Gasteiger charge is 2.11. The van der Waals surface area contributed by atoms with Crippen molar-refractivity contribution in [2.75, 3.05) is 5.32 Å². The van der Waals surface area contributed by atoms with Gasteiger partial charge in [-0.25, -0.2) is 4.98 Å². The molecule has 0 saturated heterocycles. The molecular formula is C13H8N4OS. The fourth-order valence-corrected chi connectivity index (χ4v) is 2.48. The molecule has 92 valence electrons. The van der Waals surface area contributed by atoms with Crippen molar-refractivity contribution in [3.05, 3.63) is 47.1 Å². The zero-order valence-corrected chi connectivity index (χ0v) is 10.5. The zero-order valence-electron chi connectivity index (χ0n) is 9.68. The van der Waals surface area contributed by atoms with Crippen molar-refractivity contribution < 1.29 is 4.79 Å². The molecule has 1 amide bonds. The van der Waals surface area contributed by atoms with E-state index in [1.807, 2.05) is 6.07 Å². The molecule has 0 fully saturated rings. The lowest BCUT2D eigenvalue weighted by Gasteiger charge is -2.03. The van der Waals surface area contributed by atoms with Crippen LogP contribution in [0.4, 0.5) is 5.00 Å². The van der Waals surface area contributed by atoms with E-state index < -0.39 is 0 Å². The van der Waals surface area contributed by atoms with Gasteiger partial charge in [0.1, 0.15) is 11.1 Å². The van der Waals surface area contributed by atoms with Crippen molar-refractivity contribution in [3.8, 4) is 6.07 Å². The number of hydrogen-bond acceptors (Lipinski definition) is 4. The summed E-state index contributed by atoms with van der Waals surface area (Å²) < 4.78 is 0. The molecule has 0 bridgehead atoms. The first-order chi connectivity index (χ1) is 9.28. The number of nitrogens with one attached hydrogen (secondary N) is 2. The number of carbonyl (C=O) groups excluding carboxylic acids is 1. The van der Waals surface area contributed by atoms with Crippen LogP contribution in [0.25, 0.3) is 11.0 Å². The van der Waals surface area contributed by atoms with Gasteiger partial charge in [0.2, 0.25) is 0 Å². The van der Waals surface area contributed by atoms with Gasteiger partial charge in [-0.05, 0) is 29.6 Å². The van der Waals surface area contributed by atoms with Gasteiger partial charge in [0.05, 0.1) is 22.9 Å². The van der Waals surface area contributed by atoms with Crippen molar-refractivity contribution in [3.63, 3.8) is 0 Å². The predicted molar refractivity (Wildman–Crippen MR) is 73.1 cm³/mol. The van der Waals surface area contributed by atoms with Crippen LogP contribution in [0.1, 0.15) is 15.9 Å². The number of aromatic amines is 1. The van der Waals surface area contributed by atoms with Crippen molar-refractivity contribution in [1.82, 2.24) is 9.97 Å². The number of H-pyrrole nitrogens is 1. The average molecular weight is 268 g/mol. The minimum atomic E-state index is -0.240. The second kappa shape index (κ2) is 4.55. The lowest BCUT2D eigenvalue weighted by molar-refractivity contribution is 0.102. The molecule has 2 N–H and O–H groups in total. The first kappa shape index (κ1) is 11.4.